The van der Waals surface area contributed by atoms with Crippen molar-refractivity contribution < 1.29 is 19.0 Å². The van der Waals surface area contributed by atoms with Gasteiger partial charge in [-0.2, -0.15) is 0 Å². The molecule has 0 amide bonds. The first-order valence-corrected chi connectivity index (χ1v) is 3.78. The van der Waals surface area contributed by atoms with Gasteiger partial charge in [-0.15, -0.1) is 0 Å². The molecule has 1 N–H and O–H groups in total. The number of carbonyl (C=O) groups excluding carboxylic acids is 1. The molecule has 0 saturated carbocycles. The van der Waals surface area contributed by atoms with E-state index in [1.54, 1.807) is 0 Å². The molecule has 0 aromatic heterocycles. The minimum Gasteiger partial charge on any atom is -0.507 e. The van der Waals surface area contributed by atoms with Crippen molar-refractivity contribution in [1.29, 1.82) is 0 Å². The Morgan fingerprint density at radius 2 is 2.36 bits per heavy atom. The zero-order valence-electron chi connectivity index (χ0n) is 7.45. The minimum absolute atomic E-state index is 0.0543. The molecule has 0 aliphatic heterocycles. The second-order valence-corrected chi connectivity index (χ2v) is 2.52. The maximum Gasteiger partial charge on any atom is 0.235 e. The van der Waals surface area contributed by atoms with E-state index in [1.807, 2.05) is 0 Å². The second-order valence-electron chi connectivity index (χ2n) is 2.52. The van der Waals surface area contributed by atoms with Crippen molar-refractivity contribution in [3.63, 3.8) is 0 Å². The standard InChI is InChI=1S/C9H8FNO3/c1-14-9-3-8(13)6(2-7(9)10)4-11-5-12/h2-3,13H,4H2,1H3. The number of phenols is 1. The van der Waals surface area contributed by atoms with Gasteiger partial charge in [-0.3, -0.25) is 0 Å². The first-order chi connectivity index (χ1) is 6.69. The fraction of sp³-hybridized carbons (Fsp3) is 0.222. The molecule has 1 aromatic carbocycles. The highest BCUT2D eigenvalue weighted by atomic mass is 19.1. The summed E-state index contributed by atoms with van der Waals surface area (Å²) in [6.45, 7) is -0.101. The zero-order chi connectivity index (χ0) is 10.6. The van der Waals surface area contributed by atoms with Crippen LogP contribution < -0.4 is 4.74 Å². The van der Waals surface area contributed by atoms with E-state index in [0.717, 1.165) is 12.1 Å². The molecule has 5 heteroatoms. The van der Waals surface area contributed by atoms with Gasteiger partial charge in [0.2, 0.25) is 6.08 Å². The molecule has 0 heterocycles. The number of aliphatic imine (C=N–C) groups is 1. The molecule has 0 aliphatic carbocycles. The third kappa shape index (κ3) is 2.08. The van der Waals surface area contributed by atoms with Crippen molar-refractivity contribution in [3.05, 3.63) is 23.5 Å². The first-order valence-electron chi connectivity index (χ1n) is 3.78. The highest BCUT2D eigenvalue weighted by molar-refractivity contribution is 5.42. The van der Waals surface area contributed by atoms with Crippen molar-refractivity contribution in [3.8, 4) is 11.5 Å². The van der Waals surface area contributed by atoms with Gasteiger partial charge in [0.05, 0.1) is 13.7 Å². The summed E-state index contributed by atoms with van der Waals surface area (Å²) in [6, 6.07) is 2.19. The Hall–Kier alpha value is -1.87. The third-order valence-electron chi connectivity index (χ3n) is 1.67. The maximum atomic E-state index is 13.1. The summed E-state index contributed by atoms with van der Waals surface area (Å²) in [4.78, 5) is 13.0. The molecule has 0 atom stereocenters. The Labute approximate surface area is 79.7 Å². The summed E-state index contributed by atoms with van der Waals surface area (Å²) >= 11 is 0. The fourth-order valence-corrected chi connectivity index (χ4v) is 0.984. The van der Waals surface area contributed by atoms with E-state index < -0.39 is 5.82 Å². The molecule has 0 fully saturated rings. The Morgan fingerprint density at radius 1 is 1.64 bits per heavy atom. The molecule has 0 unspecified atom stereocenters. The lowest BCUT2D eigenvalue weighted by Crippen LogP contribution is -1.91. The summed E-state index contributed by atoms with van der Waals surface area (Å²) in [5, 5.41) is 9.34. The number of benzene rings is 1. The monoisotopic (exact) mass is 197 g/mol. The van der Waals surface area contributed by atoms with Crippen LogP contribution in [0, 0.1) is 5.82 Å². The number of rotatable bonds is 3. The average molecular weight is 197 g/mol. The van der Waals surface area contributed by atoms with Gasteiger partial charge in [0.15, 0.2) is 11.6 Å². The van der Waals surface area contributed by atoms with E-state index in [9.17, 15) is 14.3 Å². The highest BCUT2D eigenvalue weighted by Gasteiger charge is 2.08. The lowest BCUT2D eigenvalue weighted by molar-refractivity contribution is 0.379. The summed E-state index contributed by atoms with van der Waals surface area (Å²) in [6.07, 6.45) is 1.30. The molecule has 0 spiro atoms. The number of halogens is 1. The summed E-state index contributed by atoms with van der Waals surface area (Å²) in [5.74, 6) is -0.829. The van der Waals surface area contributed by atoms with Gasteiger partial charge < -0.3 is 9.84 Å². The van der Waals surface area contributed by atoms with Crippen molar-refractivity contribution in [1.82, 2.24) is 0 Å². The summed E-state index contributed by atoms with van der Waals surface area (Å²) in [5.41, 5.74) is 0.214. The van der Waals surface area contributed by atoms with Gasteiger partial charge in [0, 0.05) is 11.6 Å². The molecule has 0 bridgehead atoms. The summed E-state index contributed by atoms with van der Waals surface area (Å²) in [7, 11) is 1.29. The van der Waals surface area contributed by atoms with Crippen LogP contribution in [0.15, 0.2) is 17.1 Å². The van der Waals surface area contributed by atoms with Crippen LogP contribution in [0.1, 0.15) is 5.56 Å². The predicted octanol–water partition coefficient (Wildman–Crippen LogP) is 1.38. The molecule has 1 aromatic rings. The molecular formula is C9H8FNO3. The van der Waals surface area contributed by atoms with E-state index in [2.05, 4.69) is 9.73 Å². The smallest absolute Gasteiger partial charge is 0.235 e. The van der Waals surface area contributed by atoms with Gasteiger partial charge >= 0.3 is 0 Å². The Bertz CT molecular complexity index is 386. The SMILES string of the molecule is COc1cc(O)c(CN=C=O)cc1F. The topological polar surface area (TPSA) is 58.9 Å². The number of nitrogens with zero attached hydrogens (tertiary/aromatic N) is 1. The minimum atomic E-state index is -0.610. The van der Waals surface area contributed by atoms with Crippen molar-refractivity contribution in [2.45, 2.75) is 6.54 Å². The molecule has 0 radical (unpaired) electrons. The molecular weight excluding hydrogens is 189 g/mol. The molecule has 74 valence electrons. The molecule has 14 heavy (non-hydrogen) atoms. The van der Waals surface area contributed by atoms with Crippen LogP contribution in [0.5, 0.6) is 11.5 Å². The number of aromatic hydroxyl groups is 1. The van der Waals surface area contributed by atoms with Crippen LogP contribution in [-0.4, -0.2) is 18.3 Å². The van der Waals surface area contributed by atoms with Crippen LogP contribution in [0.3, 0.4) is 0 Å². The van der Waals surface area contributed by atoms with Crippen molar-refractivity contribution in [2.75, 3.05) is 7.11 Å². The predicted molar refractivity (Wildman–Crippen MR) is 46.4 cm³/mol. The number of phenolic OH excluding ortho intramolecular Hbond substituents is 1. The molecule has 0 aliphatic rings. The largest absolute Gasteiger partial charge is 0.507 e. The van der Waals surface area contributed by atoms with Crippen LogP contribution in [0.4, 0.5) is 4.39 Å². The van der Waals surface area contributed by atoms with Crippen LogP contribution >= 0.6 is 0 Å². The van der Waals surface area contributed by atoms with Gasteiger partial charge in [-0.05, 0) is 6.07 Å². The van der Waals surface area contributed by atoms with Crippen LogP contribution in [-0.2, 0) is 11.3 Å². The van der Waals surface area contributed by atoms with Gasteiger partial charge in [0.1, 0.15) is 5.75 Å². The number of ether oxygens (including phenoxy) is 1. The number of hydrogen-bond acceptors (Lipinski definition) is 4. The lowest BCUT2D eigenvalue weighted by Gasteiger charge is -2.05. The average Bonchev–Trinajstić information content (AvgIpc) is 2.18. The normalized spacial score (nSPS) is 9.29. The number of isocyanates is 1. The molecule has 0 saturated heterocycles. The van der Waals surface area contributed by atoms with Crippen LogP contribution in [0.25, 0.3) is 0 Å². The highest BCUT2D eigenvalue weighted by Crippen LogP contribution is 2.27. The molecule has 1 rings (SSSR count). The fourth-order valence-electron chi connectivity index (χ4n) is 0.984. The maximum absolute atomic E-state index is 13.1. The van der Waals surface area contributed by atoms with Gasteiger partial charge in [-0.1, -0.05) is 0 Å². The van der Waals surface area contributed by atoms with E-state index in [0.29, 0.717) is 0 Å². The zero-order valence-corrected chi connectivity index (χ0v) is 7.45. The van der Waals surface area contributed by atoms with Crippen LogP contribution in [0.2, 0.25) is 0 Å². The van der Waals surface area contributed by atoms with Gasteiger partial charge in [-0.25, -0.2) is 14.2 Å². The Balaban J connectivity index is 3.08. The van der Waals surface area contributed by atoms with E-state index in [4.69, 9.17) is 0 Å². The third-order valence-corrected chi connectivity index (χ3v) is 1.67. The summed E-state index contributed by atoms with van der Waals surface area (Å²) < 4.78 is 17.7. The number of hydrogen-bond donors (Lipinski definition) is 1. The first kappa shape index (κ1) is 10.2. The quantitative estimate of drug-likeness (QED) is 0.588. The van der Waals surface area contributed by atoms with E-state index in [1.165, 1.54) is 13.2 Å². The van der Waals surface area contributed by atoms with E-state index in [-0.39, 0.29) is 23.6 Å². The number of methoxy groups -OCH3 is 1. The molecule has 4 nitrogen and oxygen atoms in total. The second kappa shape index (κ2) is 4.39. The van der Waals surface area contributed by atoms with Crippen molar-refractivity contribution >= 4 is 6.08 Å². The van der Waals surface area contributed by atoms with E-state index >= 15 is 0 Å². The Kier molecular flexibility index (Phi) is 3.20. The Morgan fingerprint density at radius 3 is 2.93 bits per heavy atom. The van der Waals surface area contributed by atoms with Crippen molar-refractivity contribution in [2.24, 2.45) is 4.99 Å². The van der Waals surface area contributed by atoms with Gasteiger partial charge in [0.25, 0.3) is 0 Å². The lowest BCUT2D eigenvalue weighted by atomic mass is 10.2.